The van der Waals surface area contributed by atoms with Gasteiger partial charge in [0.15, 0.2) is 0 Å². The lowest BCUT2D eigenvalue weighted by atomic mass is 9.93. The summed E-state index contributed by atoms with van der Waals surface area (Å²) in [4.78, 5) is 17.0. The van der Waals surface area contributed by atoms with Gasteiger partial charge in [-0.25, -0.2) is 0 Å². The van der Waals surface area contributed by atoms with Crippen LogP contribution in [0, 0.1) is 10.1 Å². The maximum absolute atomic E-state index is 11.1. The molecule has 0 saturated carbocycles. The van der Waals surface area contributed by atoms with E-state index >= 15 is 0 Å². The van der Waals surface area contributed by atoms with Crippen molar-refractivity contribution in [1.29, 1.82) is 0 Å². The first kappa shape index (κ1) is 13.8. The number of aliphatic hydroxyl groups is 1. The number of nitro benzene ring substituents is 1. The van der Waals surface area contributed by atoms with Crippen LogP contribution in [0.1, 0.15) is 19.8 Å². The molecule has 1 N–H and O–H groups in total. The Balaban J connectivity index is 2.05. The third kappa shape index (κ3) is 2.54. The molecule has 21 heavy (non-hydrogen) atoms. The fraction of sp³-hybridized carbons (Fsp3) is 0.400. The van der Waals surface area contributed by atoms with Crippen molar-refractivity contribution in [3.63, 3.8) is 0 Å². The largest absolute Gasteiger partial charge is 0.390 e. The summed E-state index contributed by atoms with van der Waals surface area (Å²) in [7, 11) is 0. The highest BCUT2D eigenvalue weighted by atomic mass is 16.6. The molecule has 0 bridgehead atoms. The van der Waals surface area contributed by atoms with Crippen LogP contribution in [0.2, 0.25) is 0 Å². The zero-order chi connectivity index (χ0) is 15.0. The molecule has 0 aliphatic carbocycles. The second-order valence-corrected chi connectivity index (χ2v) is 5.77. The number of hydrogen-bond donors (Lipinski definition) is 1. The Bertz CT molecular complexity index is 690. The first-order valence-corrected chi connectivity index (χ1v) is 6.96. The highest BCUT2D eigenvalue weighted by Crippen LogP contribution is 2.35. The standard InChI is InChI=1S/C15H17N3O3/c1-15(19)5-8-17(9-6-15)13-2-3-14(18(20)21)11-4-7-16-10-12(11)13/h2-4,7,10,19H,5-6,8-9H2,1H3. The van der Waals surface area contributed by atoms with E-state index in [1.165, 1.54) is 0 Å². The molecule has 1 aromatic heterocycles. The van der Waals surface area contributed by atoms with E-state index in [0.717, 1.165) is 24.2 Å². The molecule has 2 aromatic rings. The molecule has 1 aliphatic rings. The normalized spacial score (nSPS) is 17.9. The van der Waals surface area contributed by atoms with Crippen LogP contribution in [0.15, 0.2) is 30.6 Å². The van der Waals surface area contributed by atoms with Crippen molar-refractivity contribution in [1.82, 2.24) is 4.98 Å². The third-order valence-electron chi connectivity index (χ3n) is 4.15. The van der Waals surface area contributed by atoms with Gasteiger partial charge in [-0.1, -0.05) is 0 Å². The van der Waals surface area contributed by atoms with Gasteiger partial charge in [0.1, 0.15) is 0 Å². The second kappa shape index (κ2) is 4.96. The molecule has 0 atom stereocenters. The molecule has 1 aliphatic heterocycles. The van der Waals surface area contributed by atoms with Gasteiger partial charge < -0.3 is 10.0 Å². The van der Waals surface area contributed by atoms with Crippen molar-refractivity contribution in [2.45, 2.75) is 25.4 Å². The Morgan fingerprint density at radius 3 is 2.67 bits per heavy atom. The van der Waals surface area contributed by atoms with Gasteiger partial charge in [0.2, 0.25) is 0 Å². The molecule has 1 fully saturated rings. The molecule has 0 unspecified atom stereocenters. The van der Waals surface area contributed by atoms with E-state index in [0.29, 0.717) is 18.2 Å². The number of nitro groups is 1. The zero-order valence-corrected chi connectivity index (χ0v) is 11.8. The molecule has 0 radical (unpaired) electrons. The van der Waals surface area contributed by atoms with Gasteiger partial charge in [-0.05, 0) is 31.9 Å². The summed E-state index contributed by atoms with van der Waals surface area (Å²) < 4.78 is 0. The quantitative estimate of drug-likeness (QED) is 0.678. The van der Waals surface area contributed by atoms with E-state index in [1.807, 2.05) is 6.92 Å². The minimum absolute atomic E-state index is 0.0974. The number of anilines is 1. The van der Waals surface area contributed by atoms with E-state index in [4.69, 9.17) is 0 Å². The number of nitrogens with zero attached hydrogens (tertiary/aromatic N) is 3. The minimum atomic E-state index is -0.620. The highest BCUT2D eigenvalue weighted by Gasteiger charge is 2.28. The molecule has 1 saturated heterocycles. The lowest BCUT2D eigenvalue weighted by Gasteiger charge is -2.37. The summed E-state index contributed by atoms with van der Waals surface area (Å²) in [6.07, 6.45) is 4.61. The van der Waals surface area contributed by atoms with E-state index in [2.05, 4.69) is 9.88 Å². The lowest BCUT2D eigenvalue weighted by Crippen LogP contribution is -2.42. The van der Waals surface area contributed by atoms with E-state index in [1.54, 1.807) is 30.6 Å². The summed E-state index contributed by atoms with van der Waals surface area (Å²) in [5, 5.41) is 22.6. The number of non-ortho nitro benzene ring substituents is 1. The first-order chi connectivity index (χ1) is 9.98. The Kier molecular flexibility index (Phi) is 3.25. The van der Waals surface area contributed by atoms with Crippen molar-refractivity contribution < 1.29 is 10.0 Å². The number of aromatic nitrogens is 1. The lowest BCUT2D eigenvalue weighted by molar-refractivity contribution is -0.383. The summed E-state index contributed by atoms with van der Waals surface area (Å²) in [6, 6.07) is 5.00. The Morgan fingerprint density at radius 1 is 1.29 bits per heavy atom. The molecule has 1 aromatic carbocycles. The van der Waals surface area contributed by atoms with Crippen LogP contribution in [0.3, 0.4) is 0 Å². The van der Waals surface area contributed by atoms with E-state index < -0.39 is 5.60 Å². The smallest absolute Gasteiger partial charge is 0.277 e. The van der Waals surface area contributed by atoms with Crippen LogP contribution in [0.5, 0.6) is 0 Å². The molecule has 6 nitrogen and oxygen atoms in total. The van der Waals surface area contributed by atoms with Crippen molar-refractivity contribution in [2.75, 3.05) is 18.0 Å². The molecular weight excluding hydrogens is 270 g/mol. The maximum Gasteiger partial charge on any atom is 0.277 e. The van der Waals surface area contributed by atoms with E-state index in [9.17, 15) is 15.2 Å². The molecular formula is C15H17N3O3. The molecule has 3 rings (SSSR count). The summed E-state index contributed by atoms with van der Waals surface area (Å²) in [5.41, 5.74) is 0.421. The molecule has 110 valence electrons. The maximum atomic E-state index is 11.1. The van der Waals surface area contributed by atoms with Crippen LogP contribution >= 0.6 is 0 Å². The van der Waals surface area contributed by atoms with Gasteiger partial charge in [0.05, 0.1) is 15.9 Å². The van der Waals surface area contributed by atoms with Crippen molar-refractivity contribution in [3.8, 4) is 0 Å². The minimum Gasteiger partial charge on any atom is -0.390 e. The van der Waals surface area contributed by atoms with Crippen molar-refractivity contribution in [3.05, 3.63) is 40.7 Å². The van der Waals surface area contributed by atoms with Crippen LogP contribution < -0.4 is 4.90 Å². The van der Waals surface area contributed by atoms with E-state index in [-0.39, 0.29) is 10.6 Å². The van der Waals surface area contributed by atoms with Crippen LogP contribution in [0.4, 0.5) is 11.4 Å². The van der Waals surface area contributed by atoms with Gasteiger partial charge in [-0.3, -0.25) is 15.1 Å². The number of hydrogen-bond acceptors (Lipinski definition) is 5. The number of benzene rings is 1. The molecule has 6 heteroatoms. The molecule has 2 heterocycles. The predicted octanol–water partition coefficient (Wildman–Crippen LogP) is 2.49. The number of fused-ring (bicyclic) bond motifs is 1. The van der Waals surface area contributed by atoms with Crippen LogP contribution in [-0.4, -0.2) is 33.7 Å². The van der Waals surface area contributed by atoms with Gasteiger partial charge in [0.25, 0.3) is 5.69 Å². The van der Waals surface area contributed by atoms with Gasteiger partial charge >= 0.3 is 0 Å². The summed E-state index contributed by atoms with van der Waals surface area (Å²) in [6.45, 7) is 3.31. The van der Waals surface area contributed by atoms with Gasteiger partial charge in [0, 0.05) is 42.6 Å². The average Bonchev–Trinajstić information content (AvgIpc) is 2.46. The summed E-state index contributed by atoms with van der Waals surface area (Å²) >= 11 is 0. The topological polar surface area (TPSA) is 79.5 Å². The predicted molar refractivity (Wildman–Crippen MR) is 80.5 cm³/mol. The summed E-state index contributed by atoms with van der Waals surface area (Å²) in [5.74, 6) is 0. The zero-order valence-electron chi connectivity index (χ0n) is 11.8. The van der Waals surface area contributed by atoms with Crippen molar-refractivity contribution >= 4 is 22.1 Å². The number of pyridine rings is 1. The third-order valence-corrected chi connectivity index (χ3v) is 4.15. The monoisotopic (exact) mass is 287 g/mol. The van der Waals surface area contributed by atoms with Gasteiger partial charge in [-0.2, -0.15) is 0 Å². The second-order valence-electron chi connectivity index (χ2n) is 5.77. The van der Waals surface area contributed by atoms with Crippen LogP contribution in [-0.2, 0) is 0 Å². The average molecular weight is 287 g/mol. The first-order valence-electron chi connectivity index (χ1n) is 6.96. The molecule has 0 amide bonds. The highest BCUT2D eigenvalue weighted by molar-refractivity contribution is 5.99. The molecule has 0 spiro atoms. The fourth-order valence-corrected chi connectivity index (χ4v) is 2.82. The Morgan fingerprint density at radius 2 is 2.00 bits per heavy atom. The number of piperidine rings is 1. The fourth-order valence-electron chi connectivity index (χ4n) is 2.82. The van der Waals surface area contributed by atoms with Crippen molar-refractivity contribution in [2.24, 2.45) is 0 Å². The number of rotatable bonds is 2. The van der Waals surface area contributed by atoms with Crippen LogP contribution in [0.25, 0.3) is 10.8 Å². The SMILES string of the molecule is CC1(O)CCN(c2ccc([N+](=O)[O-])c3ccncc23)CC1. The Hall–Kier alpha value is -2.21. The van der Waals surface area contributed by atoms with Gasteiger partial charge in [-0.15, -0.1) is 0 Å². The Labute approximate surface area is 122 Å².